The Labute approximate surface area is 145 Å². The molecule has 5 heteroatoms. The average Bonchev–Trinajstić information content (AvgIpc) is 3.02. The van der Waals surface area contributed by atoms with Crippen LogP contribution in [0.5, 0.6) is 5.75 Å². The van der Waals surface area contributed by atoms with Gasteiger partial charge in [0.1, 0.15) is 5.75 Å². The van der Waals surface area contributed by atoms with Gasteiger partial charge in [0.05, 0.1) is 18.2 Å². The third-order valence-electron chi connectivity index (χ3n) is 4.04. The summed E-state index contributed by atoms with van der Waals surface area (Å²) in [5, 5.41) is 0.672. The molecule has 0 amide bonds. The number of hydrogen-bond donors (Lipinski definition) is 0. The predicted molar refractivity (Wildman–Crippen MR) is 95.2 cm³/mol. The number of esters is 1. The second-order valence-corrected chi connectivity index (χ2v) is 5.83. The summed E-state index contributed by atoms with van der Waals surface area (Å²) in [5.41, 5.74) is 2.12. The Morgan fingerprint density at radius 1 is 1.04 bits per heavy atom. The lowest BCUT2D eigenvalue weighted by Gasteiger charge is -2.15. The number of hydrogen-bond acceptors (Lipinski definition) is 4. The van der Waals surface area contributed by atoms with Gasteiger partial charge in [0, 0.05) is 11.6 Å². The minimum absolute atomic E-state index is 0.257. The summed E-state index contributed by atoms with van der Waals surface area (Å²) < 4.78 is 12.0. The largest absolute Gasteiger partial charge is 0.481 e. The maximum atomic E-state index is 12.8. The zero-order valence-corrected chi connectivity index (χ0v) is 14.4. The Kier molecular flexibility index (Phi) is 4.57. The van der Waals surface area contributed by atoms with Crippen LogP contribution in [-0.4, -0.2) is 29.7 Å². The van der Waals surface area contributed by atoms with Crippen LogP contribution in [0.2, 0.25) is 0 Å². The smallest absolute Gasteiger partial charge is 0.340 e. The Morgan fingerprint density at radius 2 is 1.72 bits per heavy atom. The SMILES string of the molecule is COC(=O)c1cn(C(=O)C(C)Oc2ccc(C)cc2)c2ccccc12. The van der Waals surface area contributed by atoms with Crippen LogP contribution < -0.4 is 4.74 Å². The zero-order chi connectivity index (χ0) is 18.0. The van der Waals surface area contributed by atoms with Crippen LogP contribution >= 0.6 is 0 Å². The van der Waals surface area contributed by atoms with Crippen LogP contribution in [0.1, 0.15) is 27.6 Å². The molecule has 1 unspecified atom stereocenters. The van der Waals surface area contributed by atoms with Crippen molar-refractivity contribution in [3.63, 3.8) is 0 Å². The molecule has 0 bridgehead atoms. The number of nitrogens with zero attached hydrogens (tertiary/aromatic N) is 1. The van der Waals surface area contributed by atoms with Crippen LogP contribution in [0, 0.1) is 6.92 Å². The lowest BCUT2D eigenvalue weighted by Crippen LogP contribution is -2.28. The van der Waals surface area contributed by atoms with E-state index >= 15 is 0 Å². The molecule has 0 N–H and O–H groups in total. The fraction of sp³-hybridized carbons (Fsp3) is 0.200. The first-order chi connectivity index (χ1) is 12.0. The van der Waals surface area contributed by atoms with E-state index in [4.69, 9.17) is 9.47 Å². The van der Waals surface area contributed by atoms with Gasteiger partial charge in [-0.2, -0.15) is 0 Å². The van der Waals surface area contributed by atoms with Gasteiger partial charge in [0.25, 0.3) is 5.91 Å². The molecule has 0 aliphatic heterocycles. The number of para-hydroxylation sites is 1. The molecule has 3 aromatic rings. The fourth-order valence-electron chi connectivity index (χ4n) is 2.70. The summed E-state index contributed by atoms with van der Waals surface area (Å²) in [5.74, 6) is -0.113. The molecular formula is C20H19NO4. The number of ether oxygens (including phenoxy) is 2. The highest BCUT2D eigenvalue weighted by atomic mass is 16.5. The number of carbonyl (C=O) groups excluding carboxylic acids is 2. The maximum Gasteiger partial charge on any atom is 0.340 e. The average molecular weight is 337 g/mol. The summed E-state index contributed by atoms with van der Waals surface area (Å²) in [4.78, 5) is 24.8. The Hall–Kier alpha value is -3.08. The van der Waals surface area contributed by atoms with E-state index in [2.05, 4.69) is 0 Å². The van der Waals surface area contributed by atoms with E-state index in [-0.39, 0.29) is 5.91 Å². The normalized spacial score (nSPS) is 12.0. The molecule has 1 atom stereocenters. The summed E-state index contributed by atoms with van der Waals surface area (Å²) in [7, 11) is 1.32. The third kappa shape index (κ3) is 3.26. The van der Waals surface area contributed by atoms with Crippen LogP contribution in [-0.2, 0) is 4.74 Å². The van der Waals surface area contributed by atoms with Crippen LogP contribution in [0.3, 0.4) is 0 Å². The van der Waals surface area contributed by atoms with Gasteiger partial charge >= 0.3 is 5.97 Å². The zero-order valence-electron chi connectivity index (χ0n) is 14.4. The number of benzene rings is 2. The van der Waals surface area contributed by atoms with Gasteiger partial charge in [-0.1, -0.05) is 35.9 Å². The molecule has 0 fully saturated rings. The molecule has 2 aromatic carbocycles. The van der Waals surface area contributed by atoms with Crippen molar-refractivity contribution in [2.24, 2.45) is 0 Å². The fourth-order valence-corrected chi connectivity index (χ4v) is 2.70. The van der Waals surface area contributed by atoms with Crippen LogP contribution in [0.4, 0.5) is 0 Å². The van der Waals surface area contributed by atoms with Crippen LogP contribution in [0.25, 0.3) is 10.9 Å². The number of methoxy groups -OCH3 is 1. The number of carbonyl (C=O) groups is 2. The van der Waals surface area contributed by atoms with Crippen molar-refractivity contribution >= 4 is 22.8 Å². The van der Waals surface area contributed by atoms with E-state index < -0.39 is 12.1 Å². The molecule has 5 nitrogen and oxygen atoms in total. The molecule has 0 saturated carbocycles. The molecule has 1 aromatic heterocycles. The topological polar surface area (TPSA) is 57.5 Å². The molecule has 0 aliphatic carbocycles. The van der Waals surface area contributed by atoms with Gasteiger partial charge in [-0.3, -0.25) is 9.36 Å². The lowest BCUT2D eigenvalue weighted by molar-refractivity contribution is 0.0602. The summed E-state index contributed by atoms with van der Waals surface area (Å²) in [6, 6.07) is 14.7. The summed E-state index contributed by atoms with van der Waals surface area (Å²) >= 11 is 0. The molecule has 3 rings (SSSR count). The number of aryl methyl sites for hydroxylation is 1. The van der Waals surface area contributed by atoms with E-state index in [1.807, 2.05) is 43.3 Å². The second kappa shape index (κ2) is 6.81. The van der Waals surface area contributed by atoms with E-state index in [0.29, 0.717) is 22.2 Å². The molecule has 1 heterocycles. The number of aromatic nitrogens is 1. The van der Waals surface area contributed by atoms with Gasteiger partial charge in [-0.05, 0) is 32.0 Å². The van der Waals surface area contributed by atoms with Gasteiger partial charge < -0.3 is 9.47 Å². The Balaban J connectivity index is 1.93. The molecule has 0 aliphatic rings. The van der Waals surface area contributed by atoms with E-state index in [1.165, 1.54) is 17.9 Å². The van der Waals surface area contributed by atoms with Gasteiger partial charge in [0.15, 0.2) is 6.10 Å². The highest BCUT2D eigenvalue weighted by Gasteiger charge is 2.23. The molecule has 128 valence electrons. The number of fused-ring (bicyclic) bond motifs is 1. The highest BCUT2D eigenvalue weighted by molar-refractivity contribution is 6.07. The van der Waals surface area contributed by atoms with E-state index in [0.717, 1.165) is 5.56 Å². The minimum atomic E-state index is -0.705. The standard InChI is InChI=1S/C20H19NO4/c1-13-8-10-15(11-9-13)25-14(2)19(22)21-12-17(20(23)24-3)16-6-4-5-7-18(16)21/h4-12,14H,1-3H3. The number of rotatable bonds is 4. The predicted octanol–water partition coefficient (Wildman–Crippen LogP) is 3.84. The monoisotopic (exact) mass is 337 g/mol. The minimum Gasteiger partial charge on any atom is -0.481 e. The maximum absolute atomic E-state index is 12.8. The van der Waals surface area contributed by atoms with E-state index in [9.17, 15) is 9.59 Å². The molecule has 0 spiro atoms. The molecular weight excluding hydrogens is 318 g/mol. The van der Waals surface area contributed by atoms with Crippen LogP contribution in [0.15, 0.2) is 54.7 Å². The van der Waals surface area contributed by atoms with Gasteiger partial charge in [-0.15, -0.1) is 0 Å². The van der Waals surface area contributed by atoms with Crippen molar-refractivity contribution in [1.29, 1.82) is 0 Å². The molecule has 0 radical (unpaired) electrons. The Bertz CT molecular complexity index is 925. The first-order valence-corrected chi connectivity index (χ1v) is 7.97. The third-order valence-corrected chi connectivity index (χ3v) is 4.04. The summed E-state index contributed by atoms with van der Waals surface area (Å²) in [6.07, 6.45) is 0.803. The molecule has 0 saturated heterocycles. The quantitative estimate of drug-likeness (QED) is 0.679. The van der Waals surface area contributed by atoms with E-state index in [1.54, 1.807) is 19.1 Å². The first-order valence-electron chi connectivity index (χ1n) is 7.97. The van der Waals surface area contributed by atoms with Gasteiger partial charge in [0.2, 0.25) is 0 Å². The molecule has 25 heavy (non-hydrogen) atoms. The first kappa shape index (κ1) is 16.8. The van der Waals surface area contributed by atoms with Crippen molar-refractivity contribution in [3.8, 4) is 5.75 Å². The van der Waals surface area contributed by atoms with Crippen molar-refractivity contribution < 1.29 is 19.1 Å². The van der Waals surface area contributed by atoms with Gasteiger partial charge in [-0.25, -0.2) is 4.79 Å². The van der Waals surface area contributed by atoms with Crippen molar-refractivity contribution in [3.05, 3.63) is 65.9 Å². The van der Waals surface area contributed by atoms with Crippen molar-refractivity contribution in [2.75, 3.05) is 7.11 Å². The van der Waals surface area contributed by atoms with Crippen molar-refractivity contribution in [2.45, 2.75) is 20.0 Å². The van der Waals surface area contributed by atoms with Crippen molar-refractivity contribution in [1.82, 2.24) is 4.57 Å². The lowest BCUT2D eigenvalue weighted by atomic mass is 10.2. The summed E-state index contributed by atoms with van der Waals surface area (Å²) in [6.45, 7) is 3.67. The second-order valence-electron chi connectivity index (χ2n) is 5.83. The Morgan fingerprint density at radius 3 is 2.40 bits per heavy atom. The highest BCUT2D eigenvalue weighted by Crippen LogP contribution is 2.23.